The molecule has 2 N–H and O–H groups in total. The van der Waals surface area contributed by atoms with Gasteiger partial charge in [0.15, 0.2) is 11.5 Å². The molecule has 2 saturated heterocycles. The van der Waals surface area contributed by atoms with Gasteiger partial charge in [-0.2, -0.15) is 0 Å². The average molecular weight is 551 g/mol. The van der Waals surface area contributed by atoms with E-state index in [0.717, 1.165) is 80.2 Å². The van der Waals surface area contributed by atoms with Crippen LogP contribution in [0.15, 0.2) is 30.3 Å². The molecule has 3 heterocycles. The molecule has 5 rings (SSSR count). The zero-order valence-corrected chi connectivity index (χ0v) is 24.6. The third-order valence-corrected chi connectivity index (χ3v) is 8.79. The van der Waals surface area contributed by atoms with Crippen LogP contribution in [0.2, 0.25) is 0 Å². The van der Waals surface area contributed by atoms with Crippen molar-refractivity contribution in [2.45, 2.75) is 77.5 Å². The number of hydrogen-bond acceptors (Lipinski definition) is 7. The van der Waals surface area contributed by atoms with E-state index in [1.54, 1.807) is 7.11 Å². The third kappa shape index (κ3) is 6.73. The predicted molar refractivity (Wildman–Crippen MR) is 157 cm³/mol. The summed E-state index contributed by atoms with van der Waals surface area (Å²) in [5.41, 5.74) is 4.80. The molecule has 8 heteroatoms. The number of fused-ring (bicyclic) bond motifs is 1. The van der Waals surface area contributed by atoms with Gasteiger partial charge in [-0.25, -0.2) is 0 Å². The number of piperidine rings is 1. The van der Waals surface area contributed by atoms with E-state index < -0.39 is 0 Å². The van der Waals surface area contributed by atoms with Crippen LogP contribution in [0.3, 0.4) is 0 Å². The van der Waals surface area contributed by atoms with Crippen LogP contribution in [0.25, 0.3) is 0 Å². The molecule has 1 amide bonds. The van der Waals surface area contributed by atoms with Crippen molar-refractivity contribution >= 4 is 5.91 Å². The number of likely N-dealkylation sites (tertiary alicyclic amines) is 2. The van der Waals surface area contributed by atoms with Crippen LogP contribution < -0.4 is 24.8 Å². The van der Waals surface area contributed by atoms with Crippen LogP contribution in [0.4, 0.5) is 0 Å². The molecule has 0 aromatic heterocycles. The molecule has 0 saturated carbocycles. The first-order chi connectivity index (χ1) is 19.4. The first kappa shape index (κ1) is 28.7. The minimum absolute atomic E-state index is 0.101. The summed E-state index contributed by atoms with van der Waals surface area (Å²) in [4.78, 5) is 18.7. The summed E-state index contributed by atoms with van der Waals surface area (Å²) in [6, 6.07) is 11.0. The van der Waals surface area contributed by atoms with Crippen molar-refractivity contribution in [3.05, 3.63) is 52.6 Å². The lowest BCUT2D eigenvalue weighted by atomic mass is 10.0. The number of ether oxygens (including phenoxy) is 3. The standard InChI is InChI=1S/C32H46N4O4/c1-5-12-35-13-9-27(10-14-35)36-20-26(34-19-25-15-23(3)30(38-4)16-22(25)2)18-28(36)32(37)33-11-8-24-6-7-29-31(17-24)40-21-39-29/h6-7,15-17,26-28,34H,5,8-14,18-21H2,1-4H3,(H,33,37)/t26-,28-/m0/s1. The van der Waals surface area contributed by atoms with Gasteiger partial charge in [0.2, 0.25) is 12.7 Å². The number of nitrogens with one attached hydrogen (secondary N) is 2. The minimum atomic E-state index is -0.101. The van der Waals surface area contributed by atoms with Gasteiger partial charge in [-0.3, -0.25) is 9.69 Å². The van der Waals surface area contributed by atoms with E-state index in [9.17, 15) is 4.79 Å². The lowest BCUT2D eigenvalue weighted by Crippen LogP contribution is -2.51. The van der Waals surface area contributed by atoms with Crippen LogP contribution >= 0.6 is 0 Å². The first-order valence-electron chi connectivity index (χ1n) is 15.0. The van der Waals surface area contributed by atoms with Crippen LogP contribution in [0.1, 0.15) is 54.9 Å². The summed E-state index contributed by atoms with van der Waals surface area (Å²) in [5.74, 6) is 2.66. The third-order valence-electron chi connectivity index (χ3n) is 8.79. The smallest absolute Gasteiger partial charge is 0.237 e. The number of hydrogen-bond donors (Lipinski definition) is 2. The second-order valence-electron chi connectivity index (χ2n) is 11.6. The number of benzene rings is 2. The highest BCUT2D eigenvalue weighted by molar-refractivity contribution is 5.82. The summed E-state index contributed by atoms with van der Waals surface area (Å²) in [5, 5.41) is 7.05. The van der Waals surface area contributed by atoms with Crippen molar-refractivity contribution in [2.24, 2.45) is 0 Å². The van der Waals surface area contributed by atoms with Crippen molar-refractivity contribution < 1.29 is 19.0 Å². The maximum atomic E-state index is 13.6. The summed E-state index contributed by atoms with van der Waals surface area (Å²) in [6.45, 7) is 12.5. The highest BCUT2D eigenvalue weighted by Gasteiger charge is 2.41. The second kappa shape index (κ2) is 13.2. The molecule has 0 spiro atoms. The Balaban J connectivity index is 1.20. The predicted octanol–water partition coefficient (Wildman–Crippen LogP) is 3.81. The molecular formula is C32H46N4O4. The topological polar surface area (TPSA) is 75.3 Å². The Kier molecular flexibility index (Phi) is 9.50. The van der Waals surface area contributed by atoms with Gasteiger partial charge >= 0.3 is 0 Å². The molecule has 0 aliphatic carbocycles. The van der Waals surface area contributed by atoms with E-state index in [2.05, 4.69) is 59.4 Å². The van der Waals surface area contributed by atoms with E-state index in [1.165, 1.54) is 24.1 Å². The number of nitrogens with zero attached hydrogens (tertiary/aromatic N) is 2. The van der Waals surface area contributed by atoms with E-state index in [-0.39, 0.29) is 24.8 Å². The van der Waals surface area contributed by atoms with Crippen molar-refractivity contribution in [1.82, 2.24) is 20.4 Å². The lowest BCUT2D eigenvalue weighted by molar-refractivity contribution is -0.126. The second-order valence-corrected chi connectivity index (χ2v) is 11.6. The Bertz CT molecular complexity index is 1160. The highest BCUT2D eigenvalue weighted by atomic mass is 16.7. The monoisotopic (exact) mass is 550 g/mol. The average Bonchev–Trinajstić information content (AvgIpc) is 3.61. The molecule has 2 atom stereocenters. The molecular weight excluding hydrogens is 504 g/mol. The molecule has 8 nitrogen and oxygen atoms in total. The molecule has 0 bridgehead atoms. The molecule has 218 valence electrons. The van der Waals surface area contributed by atoms with Crippen molar-refractivity contribution in [3.8, 4) is 17.2 Å². The summed E-state index contributed by atoms with van der Waals surface area (Å²) < 4.78 is 16.4. The lowest BCUT2D eigenvalue weighted by Gasteiger charge is -2.39. The van der Waals surface area contributed by atoms with Gasteiger partial charge in [0.1, 0.15) is 5.75 Å². The van der Waals surface area contributed by atoms with Crippen molar-refractivity contribution in [3.63, 3.8) is 0 Å². The molecule has 2 aromatic rings. The summed E-state index contributed by atoms with van der Waals surface area (Å²) in [7, 11) is 1.72. The van der Waals surface area contributed by atoms with Gasteiger partial charge in [-0.1, -0.05) is 19.1 Å². The van der Waals surface area contributed by atoms with Crippen LogP contribution in [-0.4, -0.2) is 80.5 Å². The fourth-order valence-electron chi connectivity index (χ4n) is 6.52. The zero-order valence-electron chi connectivity index (χ0n) is 24.6. The molecule has 0 unspecified atom stereocenters. The van der Waals surface area contributed by atoms with Crippen LogP contribution in [-0.2, 0) is 17.8 Å². The maximum Gasteiger partial charge on any atom is 0.237 e. The number of amides is 1. The Morgan fingerprint density at radius 1 is 1.07 bits per heavy atom. The van der Waals surface area contributed by atoms with Gasteiger partial charge in [0, 0.05) is 31.7 Å². The van der Waals surface area contributed by atoms with Crippen molar-refractivity contribution in [1.29, 1.82) is 0 Å². The number of carbonyl (C=O) groups excluding carboxylic acids is 1. The number of rotatable bonds is 11. The Morgan fingerprint density at radius 3 is 2.65 bits per heavy atom. The van der Waals surface area contributed by atoms with E-state index in [0.29, 0.717) is 12.6 Å². The largest absolute Gasteiger partial charge is 0.496 e. The highest BCUT2D eigenvalue weighted by Crippen LogP contribution is 2.33. The van der Waals surface area contributed by atoms with Gasteiger partial charge in [-0.15, -0.1) is 0 Å². The number of methoxy groups -OCH3 is 1. The molecule has 3 aliphatic rings. The van der Waals surface area contributed by atoms with E-state index >= 15 is 0 Å². The fraction of sp³-hybridized carbons (Fsp3) is 0.594. The zero-order chi connectivity index (χ0) is 28.1. The number of carbonyl (C=O) groups is 1. The quantitative estimate of drug-likeness (QED) is 0.441. The van der Waals surface area contributed by atoms with Gasteiger partial charge < -0.3 is 29.7 Å². The van der Waals surface area contributed by atoms with Gasteiger partial charge in [0.25, 0.3) is 0 Å². The molecule has 2 aromatic carbocycles. The van der Waals surface area contributed by atoms with E-state index in [4.69, 9.17) is 14.2 Å². The Labute approximate surface area is 239 Å². The summed E-state index contributed by atoms with van der Waals surface area (Å²) >= 11 is 0. The Hall–Kier alpha value is -2.81. The SMILES string of the molecule is CCCN1CCC(N2C[C@@H](NCc3cc(C)c(OC)cc3C)C[C@H]2C(=O)NCCc2ccc3c(c2)OCO3)CC1. The molecule has 2 fully saturated rings. The molecule has 40 heavy (non-hydrogen) atoms. The van der Waals surface area contributed by atoms with Gasteiger partial charge in [-0.05, 0) is 106 Å². The van der Waals surface area contributed by atoms with Crippen molar-refractivity contribution in [2.75, 3.05) is 46.6 Å². The Morgan fingerprint density at radius 2 is 1.88 bits per heavy atom. The normalized spacial score (nSPS) is 21.6. The molecule has 0 radical (unpaired) electrons. The fourth-order valence-corrected chi connectivity index (χ4v) is 6.52. The maximum absolute atomic E-state index is 13.6. The number of aryl methyl sites for hydroxylation is 2. The minimum Gasteiger partial charge on any atom is -0.496 e. The van der Waals surface area contributed by atoms with Crippen LogP contribution in [0, 0.1) is 13.8 Å². The van der Waals surface area contributed by atoms with Gasteiger partial charge in [0.05, 0.1) is 13.2 Å². The molecule has 3 aliphatic heterocycles. The first-order valence-corrected chi connectivity index (χ1v) is 15.0. The van der Waals surface area contributed by atoms with E-state index in [1.807, 2.05) is 12.1 Å². The van der Waals surface area contributed by atoms with Crippen LogP contribution in [0.5, 0.6) is 17.2 Å². The summed E-state index contributed by atoms with van der Waals surface area (Å²) in [6.07, 6.45) is 5.05.